The van der Waals surface area contributed by atoms with Crippen LogP contribution in [0.5, 0.6) is 0 Å². The van der Waals surface area contributed by atoms with Gasteiger partial charge in [-0.1, -0.05) is 32.8 Å². The second kappa shape index (κ2) is 4.59. The number of hydrogen-bond acceptors (Lipinski definition) is 1. The van der Waals surface area contributed by atoms with Crippen LogP contribution < -0.4 is 0 Å². The molecule has 0 N–H and O–H groups in total. The Bertz CT molecular complexity index is 215. The number of allylic oxidation sites excluding steroid dienone is 2. The second-order valence-electron chi connectivity index (χ2n) is 4.25. The number of hydrogen-bond donors (Lipinski definition) is 0. The summed E-state index contributed by atoms with van der Waals surface area (Å²) in [6, 6.07) is 0. The van der Waals surface area contributed by atoms with E-state index in [1.54, 1.807) is 0 Å². The lowest BCUT2D eigenvalue weighted by atomic mass is 9.81. The highest BCUT2D eigenvalue weighted by Gasteiger charge is 2.23. The van der Waals surface area contributed by atoms with Crippen molar-refractivity contribution >= 4 is 5.78 Å². The highest BCUT2D eigenvalue weighted by Crippen LogP contribution is 2.28. The van der Waals surface area contributed by atoms with Crippen LogP contribution in [0.1, 0.15) is 46.5 Å². The van der Waals surface area contributed by atoms with Gasteiger partial charge in [0.2, 0.25) is 0 Å². The fraction of sp³-hybridized carbons (Fsp3) is 0.750. The minimum absolute atomic E-state index is 0.256. The molecule has 0 heterocycles. The summed E-state index contributed by atoms with van der Waals surface area (Å²) in [7, 11) is 0. The lowest BCUT2D eigenvalue weighted by Crippen LogP contribution is -2.21. The minimum atomic E-state index is 0.256. The third-order valence-corrected chi connectivity index (χ3v) is 2.91. The zero-order valence-electron chi connectivity index (χ0n) is 8.97. The Kier molecular flexibility index (Phi) is 3.71. The molecule has 0 aromatic heterocycles. The lowest BCUT2D eigenvalue weighted by molar-refractivity contribution is -0.119. The molecule has 0 radical (unpaired) electrons. The molecule has 0 aromatic carbocycles. The van der Waals surface area contributed by atoms with Crippen LogP contribution in [0.2, 0.25) is 0 Å². The van der Waals surface area contributed by atoms with Gasteiger partial charge in [0.25, 0.3) is 0 Å². The van der Waals surface area contributed by atoms with E-state index in [-0.39, 0.29) is 5.92 Å². The van der Waals surface area contributed by atoms with E-state index in [0.29, 0.717) is 11.7 Å². The van der Waals surface area contributed by atoms with E-state index < -0.39 is 0 Å². The van der Waals surface area contributed by atoms with E-state index in [1.165, 1.54) is 19.3 Å². The van der Waals surface area contributed by atoms with E-state index in [9.17, 15) is 4.79 Å². The Morgan fingerprint density at radius 1 is 1.54 bits per heavy atom. The number of rotatable bonds is 3. The molecule has 2 atom stereocenters. The molecule has 1 rings (SSSR count). The van der Waals surface area contributed by atoms with Crippen LogP contribution in [0, 0.1) is 11.8 Å². The molecule has 1 aliphatic rings. The first-order chi connectivity index (χ1) is 6.15. The van der Waals surface area contributed by atoms with E-state index >= 15 is 0 Å². The molecule has 74 valence electrons. The Morgan fingerprint density at radius 3 is 2.77 bits per heavy atom. The maximum absolute atomic E-state index is 11.5. The molecular weight excluding hydrogens is 160 g/mol. The van der Waals surface area contributed by atoms with Crippen LogP contribution in [-0.2, 0) is 4.79 Å². The van der Waals surface area contributed by atoms with E-state index in [2.05, 4.69) is 19.9 Å². The Morgan fingerprint density at radius 2 is 2.23 bits per heavy atom. The maximum Gasteiger partial charge on any atom is 0.161 e. The average molecular weight is 180 g/mol. The molecule has 0 saturated heterocycles. The second-order valence-corrected chi connectivity index (χ2v) is 4.25. The molecule has 1 aliphatic carbocycles. The first-order valence-electron chi connectivity index (χ1n) is 5.37. The molecule has 0 aliphatic heterocycles. The number of carbonyl (C=O) groups excluding carboxylic acids is 1. The van der Waals surface area contributed by atoms with Gasteiger partial charge < -0.3 is 0 Å². The van der Waals surface area contributed by atoms with Gasteiger partial charge in [-0.15, -0.1) is 0 Å². The third kappa shape index (κ3) is 2.68. The maximum atomic E-state index is 11.5. The summed E-state index contributed by atoms with van der Waals surface area (Å²) in [6.07, 6.45) is 7.04. The highest BCUT2D eigenvalue weighted by atomic mass is 16.1. The van der Waals surface area contributed by atoms with Crippen LogP contribution in [0.25, 0.3) is 0 Å². The third-order valence-electron chi connectivity index (χ3n) is 2.91. The summed E-state index contributed by atoms with van der Waals surface area (Å²) in [5, 5.41) is 0. The number of ketones is 1. The van der Waals surface area contributed by atoms with Gasteiger partial charge in [-0.25, -0.2) is 0 Å². The van der Waals surface area contributed by atoms with E-state index in [1.807, 2.05) is 6.92 Å². The normalized spacial score (nSPS) is 28.8. The summed E-state index contributed by atoms with van der Waals surface area (Å²) in [4.78, 5) is 11.5. The van der Waals surface area contributed by atoms with E-state index in [4.69, 9.17) is 0 Å². The zero-order chi connectivity index (χ0) is 9.84. The predicted octanol–water partition coefficient (Wildman–Crippen LogP) is 3.35. The molecule has 1 nitrogen and oxygen atoms in total. The molecule has 0 fully saturated rings. The molecule has 1 heteroatoms. The minimum Gasteiger partial charge on any atom is -0.294 e. The van der Waals surface area contributed by atoms with Crippen molar-refractivity contribution in [2.45, 2.75) is 46.5 Å². The monoisotopic (exact) mass is 180 g/mol. The number of Topliss-reactive ketones (excluding diaryl/α,β-unsaturated/α-hetero) is 1. The lowest BCUT2D eigenvalue weighted by Gasteiger charge is -2.23. The van der Waals surface area contributed by atoms with Crippen molar-refractivity contribution in [2.75, 3.05) is 0 Å². The number of unbranched alkanes of at least 4 members (excludes halogenated alkanes) is 1. The smallest absolute Gasteiger partial charge is 0.161 e. The average Bonchev–Trinajstić information content (AvgIpc) is 2.10. The van der Waals surface area contributed by atoms with Crippen molar-refractivity contribution in [1.29, 1.82) is 0 Å². The first-order valence-corrected chi connectivity index (χ1v) is 5.37. The van der Waals surface area contributed by atoms with Gasteiger partial charge in [0, 0.05) is 5.92 Å². The van der Waals surface area contributed by atoms with Gasteiger partial charge in [0.15, 0.2) is 5.78 Å². The molecule has 2 unspecified atom stereocenters. The van der Waals surface area contributed by atoms with Gasteiger partial charge in [-0.3, -0.25) is 4.79 Å². The largest absolute Gasteiger partial charge is 0.294 e. The fourth-order valence-corrected chi connectivity index (χ4v) is 2.12. The predicted molar refractivity (Wildman–Crippen MR) is 55.6 cm³/mol. The van der Waals surface area contributed by atoms with E-state index in [0.717, 1.165) is 12.0 Å². The van der Waals surface area contributed by atoms with Gasteiger partial charge in [0.05, 0.1) is 0 Å². The summed E-state index contributed by atoms with van der Waals surface area (Å²) >= 11 is 0. The van der Waals surface area contributed by atoms with Crippen LogP contribution in [0.4, 0.5) is 0 Å². The molecule has 0 saturated carbocycles. The van der Waals surface area contributed by atoms with Crippen LogP contribution >= 0.6 is 0 Å². The van der Waals surface area contributed by atoms with Gasteiger partial charge in [0.1, 0.15) is 0 Å². The van der Waals surface area contributed by atoms with Crippen molar-refractivity contribution in [1.82, 2.24) is 0 Å². The highest BCUT2D eigenvalue weighted by molar-refractivity contribution is 5.97. The molecule has 0 amide bonds. The van der Waals surface area contributed by atoms with Crippen molar-refractivity contribution in [2.24, 2.45) is 11.8 Å². The standard InChI is InChI=1S/C12H20O/c1-4-5-6-11-7-9(2)12(13)10(3)8-11/h7,10-11H,4-6,8H2,1-3H3. The first kappa shape index (κ1) is 10.5. The Balaban J connectivity index is 2.55. The summed E-state index contributed by atoms with van der Waals surface area (Å²) in [5.74, 6) is 1.27. The molecule has 13 heavy (non-hydrogen) atoms. The van der Waals surface area contributed by atoms with Crippen LogP contribution in [0.15, 0.2) is 11.6 Å². The summed E-state index contributed by atoms with van der Waals surface area (Å²) in [6.45, 7) is 6.22. The topological polar surface area (TPSA) is 17.1 Å². The van der Waals surface area contributed by atoms with Crippen LogP contribution in [0.3, 0.4) is 0 Å². The Hall–Kier alpha value is -0.590. The van der Waals surface area contributed by atoms with Gasteiger partial charge in [-0.05, 0) is 31.3 Å². The van der Waals surface area contributed by atoms with Crippen molar-refractivity contribution in [3.8, 4) is 0 Å². The molecular formula is C12H20O. The van der Waals surface area contributed by atoms with Gasteiger partial charge >= 0.3 is 0 Å². The van der Waals surface area contributed by atoms with Crippen LogP contribution in [-0.4, -0.2) is 5.78 Å². The zero-order valence-corrected chi connectivity index (χ0v) is 8.97. The molecule has 0 spiro atoms. The Labute approximate surface area is 81.2 Å². The quantitative estimate of drug-likeness (QED) is 0.651. The molecule has 0 aromatic rings. The fourth-order valence-electron chi connectivity index (χ4n) is 2.12. The summed E-state index contributed by atoms with van der Waals surface area (Å²) in [5.41, 5.74) is 0.986. The molecule has 0 bridgehead atoms. The SMILES string of the molecule is CCCCC1C=C(C)C(=O)C(C)C1. The summed E-state index contributed by atoms with van der Waals surface area (Å²) < 4.78 is 0. The van der Waals surface area contributed by atoms with Crippen molar-refractivity contribution in [3.05, 3.63) is 11.6 Å². The number of carbonyl (C=O) groups is 1. The van der Waals surface area contributed by atoms with Crippen molar-refractivity contribution < 1.29 is 4.79 Å². The van der Waals surface area contributed by atoms with Gasteiger partial charge in [-0.2, -0.15) is 0 Å². The van der Waals surface area contributed by atoms with Crippen molar-refractivity contribution in [3.63, 3.8) is 0 Å².